The maximum atomic E-state index is 12.0. The fraction of sp³-hybridized carbons (Fsp3) is 0.118. The highest BCUT2D eigenvalue weighted by Gasteiger charge is 2.10. The smallest absolute Gasteiger partial charge is 0.269 e. The number of nitrogens with zero attached hydrogens (tertiary/aromatic N) is 4. The molecule has 1 aromatic carbocycles. The van der Waals surface area contributed by atoms with E-state index in [-0.39, 0.29) is 11.1 Å². The molecule has 2 aromatic heterocycles. The largest absolute Gasteiger partial charge is 0.457 e. The second kappa shape index (κ2) is 8.96. The molecule has 3 rings (SSSR count). The van der Waals surface area contributed by atoms with E-state index in [1.165, 1.54) is 16.9 Å². The van der Waals surface area contributed by atoms with Gasteiger partial charge in [0.1, 0.15) is 11.5 Å². The van der Waals surface area contributed by atoms with Crippen LogP contribution in [0.15, 0.2) is 40.8 Å². The van der Waals surface area contributed by atoms with Crippen LogP contribution in [0.25, 0.3) is 17.4 Å². The van der Waals surface area contributed by atoms with Crippen molar-refractivity contribution in [3.8, 4) is 11.3 Å². The summed E-state index contributed by atoms with van der Waals surface area (Å²) in [5.41, 5.74) is 0.663. The van der Waals surface area contributed by atoms with Gasteiger partial charge in [-0.05, 0) is 54.7 Å². The summed E-state index contributed by atoms with van der Waals surface area (Å²) in [5, 5.41) is 17.6. The van der Waals surface area contributed by atoms with Crippen LogP contribution in [0.1, 0.15) is 12.7 Å². The first-order chi connectivity index (χ1) is 13.5. The van der Waals surface area contributed by atoms with Gasteiger partial charge in [-0.15, -0.1) is 5.10 Å². The molecule has 2 N–H and O–H groups in total. The van der Waals surface area contributed by atoms with Crippen LogP contribution >= 0.6 is 35.4 Å². The number of carbonyl (C=O) groups is 1. The number of amides is 1. The third-order valence-corrected chi connectivity index (χ3v) is 4.46. The highest BCUT2D eigenvalue weighted by Crippen LogP contribution is 2.34. The van der Waals surface area contributed by atoms with Crippen molar-refractivity contribution in [2.45, 2.75) is 13.5 Å². The average Bonchev–Trinajstić information content (AvgIpc) is 3.31. The minimum Gasteiger partial charge on any atom is -0.457 e. The number of anilines is 1. The number of tetrazole rings is 1. The Kier molecular flexibility index (Phi) is 6.40. The monoisotopic (exact) mass is 436 g/mol. The van der Waals surface area contributed by atoms with Crippen LogP contribution in [0.3, 0.4) is 0 Å². The van der Waals surface area contributed by atoms with E-state index in [2.05, 4.69) is 26.0 Å². The number of thiocarbonyl (C=S) groups is 1. The molecule has 3 aromatic rings. The van der Waals surface area contributed by atoms with Gasteiger partial charge in [0.25, 0.3) is 5.95 Å². The van der Waals surface area contributed by atoms with E-state index in [1.54, 1.807) is 30.3 Å². The van der Waals surface area contributed by atoms with Gasteiger partial charge in [0, 0.05) is 11.6 Å². The lowest BCUT2D eigenvalue weighted by Crippen LogP contribution is -2.33. The SMILES string of the molecule is CCn1nnc(NC(=S)NC(=O)C=Cc2ccc(-c3cccc(Cl)c3Cl)o2)n1. The van der Waals surface area contributed by atoms with Gasteiger partial charge < -0.3 is 4.42 Å². The zero-order valence-corrected chi connectivity index (χ0v) is 16.8. The molecule has 0 bridgehead atoms. The van der Waals surface area contributed by atoms with Crippen LogP contribution < -0.4 is 10.6 Å². The molecule has 0 radical (unpaired) electrons. The summed E-state index contributed by atoms with van der Waals surface area (Å²) >= 11 is 17.2. The van der Waals surface area contributed by atoms with Gasteiger partial charge in [-0.2, -0.15) is 4.80 Å². The molecule has 0 fully saturated rings. The fourth-order valence-corrected chi connectivity index (χ4v) is 2.74. The summed E-state index contributed by atoms with van der Waals surface area (Å²) in [6.45, 7) is 2.44. The zero-order chi connectivity index (χ0) is 20.1. The van der Waals surface area contributed by atoms with Crippen LogP contribution in [-0.2, 0) is 11.3 Å². The molecule has 1 amide bonds. The molecular weight excluding hydrogens is 423 g/mol. The van der Waals surface area contributed by atoms with Gasteiger partial charge in [-0.3, -0.25) is 15.4 Å². The zero-order valence-electron chi connectivity index (χ0n) is 14.5. The minimum absolute atomic E-state index is 0.0520. The van der Waals surface area contributed by atoms with E-state index in [0.29, 0.717) is 33.7 Å². The number of aromatic nitrogens is 4. The summed E-state index contributed by atoms with van der Waals surface area (Å²) in [4.78, 5) is 13.4. The normalized spacial score (nSPS) is 11.0. The molecule has 0 spiro atoms. The van der Waals surface area contributed by atoms with Gasteiger partial charge in [0.15, 0.2) is 5.11 Å². The summed E-state index contributed by atoms with van der Waals surface area (Å²) in [6, 6.07) is 8.71. The minimum atomic E-state index is -0.445. The quantitative estimate of drug-likeness (QED) is 0.463. The molecule has 11 heteroatoms. The van der Waals surface area contributed by atoms with Gasteiger partial charge in [0.05, 0.1) is 16.6 Å². The molecule has 0 aliphatic rings. The molecule has 0 saturated heterocycles. The Morgan fingerprint density at radius 1 is 1.32 bits per heavy atom. The Bertz CT molecular complexity index is 1050. The second-order valence-electron chi connectivity index (χ2n) is 5.38. The van der Waals surface area contributed by atoms with Crippen molar-refractivity contribution in [3.63, 3.8) is 0 Å². The highest BCUT2D eigenvalue weighted by molar-refractivity contribution is 7.80. The standard InChI is InChI=1S/C17H14Cl2N6O2S/c1-2-25-23-16(22-24-25)21-17(28)20-14(26)9-7-10-6-8-13(27-10)11-4-3-5-12(18)15(11)19/h3-9H,2H2,1H3,(H2,20,21,23,26,28). The number of halogens is 2. The van der Waals surface area contributed by atoms with Crippen molar-refractivity contribution >= 4 is 58.5 Å². The topological polar surface area (TPSA) is 97.9 Å². The second-order valence-corrected chi connectivity index (χ2v) is 6.58. The maximum absolute atomic E-state index is 12.0. The van der Waals surface area contributed by atoms with Crippen molar-refractivity contribution in [2.24, 2.45) is 0 Å². The van der Waals surface area contributed by atoms with Crippen LogP contribution in [0.5, 0.6) is 0 Å². The molecule has 0 aliphatic heterocycles. The van der Waals surface area contributed by atoms with Gasteiger partial charge >= 0.3 is 0 Å². The number of furan rings is 1. The Morgan fingerprint density at radius 3 is 2.89 bits per heavy atom. The van der Waals surface area contributed by atoms with Gasteiger partial charge in [-0.1, -0.05) is 34.4 Å². The fourth-order valence-electron chi connectivity index (χ4n) is 2.15. The van der Waals surface area contributed by atoms with E-state index >= 15 is 0 Å². The van der Waals surface area contributed by atoms with Crippen molar-refractivity contribution in [1.29, 1.82) is 0 Å². The van der Waals surface area contributed by atoms with E-state index in [0.717, 1.165) is 0 Å². The van der Waals surface area contributed by atoms with Crippen LogP contribution in [0, 0.1) is 0 Å². The highest BCUT2D eigenvalue weighted by atomic mass is 35.5. The summed E-state index contributed by atoms with van der Waals surface area (Å²) in [7, 11) is 0. The Balaban J connectivity index is 1.59. The molecule has 0 atom stereocenters. The molecule has 0 aliphatic carbocycles. The number of hydrogen-bond acceptors (Lipinski definition) is 6. The lowest BCUT2D eigenvalue weighted by Gasteiger charge is -2.03. The number of carbonyl (C=O) groups excluding carboxylic acids is 1. The summed E-state index contributed by atoms with van der Waals surface area (Å²) in [5.74, 6) is 0.756. The summed E-state index contributed by atoms with van der Waals surface area (Å²) in [6.07, 6.45) is 2.79. The van der Waals surface area contributed by atoms with Crippen molar-refractivity contribution in [2.75, 3.05) is 5.32 Å². The Hall–Kier alpha value is -2.75. The number of benzene rings is 1. The molecular formula is C17H14Cl2N6O2S. The Labute approximate surface area is 175 Å². The number of nitrogens with one attached hydrogen (secondary N) is 2. The third-order valence-electron chi connectivity index (χ3n) is 3.44. The van der Waals surface area contributed by atoms with Gasteiger partial charge in [-0.25, -0.2) is 0 Å². The first kappa shape index (κ1) is 20.0. The van der Waals surface area contributed by atoms with Crippen molar-refractivity contribution in [1.82, 2.24) is 25.5 Å². The first-order valence-electron chi connectivity index (χ1n) is 8.08. The maximum Gasteiger partial charge on any atom is 0.269 e. The molecule has 8 nitrogen and oxygen atoms in total. The van der Waals surface area contributed by atoms with Crippen molar-refractivity contribution in [3.05, 3.63) is 52.2 Å². The van der Waals surface area contributed by atoms with Crippen LogP contribution in [0.4, 0.5) is 5.95 Å². The average molecular weight is 437 g/mol. The van der Waals surface area contributed by atoms with Gasteiger partial charge in [0.2, 0.25) is 5.91 Å². The number of aryl methyl sites for hydroxylation is 1. The third kappa shape index (κ3) is 4.94. The predicted octanol–water partition coefficient (Wildman–Crippen LogP) is 3.79. The van der Waals surface area contributed by atoms with Crippen LogP contribution in [-0.4, -0.2) is 31.2 Å². The lowest BCUT2D eigenvalue weighted by molar-refractivity contribution is -0.115. The van der Waals surface area contributed by atoms with E-state index in [9.17, 15) is 4.79 Å². The number of rotatable bonds is 5. The number of hydrogen-bond donors (Lipinski definition) is 2. The summed E-state index contributed by atoms with van der Waals surface area (Å²) < 4.78 is 5.68. The predicted molar refractivity (Wildman–Crippen MR) is 111 cm³/mol. The molecule has 0 unspecified atom stereocenters. The molecule has 2 heterocycles. The van der Waals surface area contributed by atoms with Crippen molar-refractivity contribution < 1.29 is 9.21 Å². The van der Waals surface area contributed by atoms with Crippen LogP contribution in [0.2, 0.25) is 10.0 Å². The lowest BCUT2D eigenvalue weighted by atomic mass is 10.2. The molecule has 144 valence electrons. The molecule has 28 heavy (non-hydrogen) atoms. The molecule has 0 saturated carbocycles. The van der Waals surface area contributed by atoms with E-state index in [4.69, 9.17) is 39.8 Å². The Morgan fingerprint density at radius 2 is 2.14 bits per heavy atom. The van der Waals surface area contributed by atoms with E-state index < -0.39 is 5.91 Å². The van der Waals surface area contributed by atoms with E-state index in [1.807, 2.05) is 6.92 Å². The first-order valence-corrected chi connectivity index (χ1v) is 9.24.